The lowest BCUT2D eigenvalue weighted by Gasteiger charge is -2.08. The average molecular weight is 293 g/mol. The minimum absolute atomic E-state index is 0.464. The van der Waals surface area contributed by atoms with Gasteiger partial charge in [0.25, 0.3) is 0 Å². The Balaban J connectivity index is 2.50. The third-order valence-corrected chi connectivity index (χ3v) is 3.05. The van der Waals surface area contributed by atoms with E-state index in [-0.39, 0.29) is 0 Å². The molecule has 0 aromatic carbocycles. The van der Waals surface area contributed by atoms with Crippen LogP contribution < -0.4 is 5.73 Å². The zero-order chi connectivity index (χ0) is 12.4. The van der Waals surface area contributed by atoms with E-state index in [1.54, 1.807) is 6.20 Å². The number of aromatic nitrogens is 3. The average Bonchev–Trinajstić information content (AvgIpc) is 2.29. The molecule has 2 heterocycles. The summed E-state index contributed by atoms with van der Waals surface area (Å²) in [5, 5.41) is 0. The van der Waals surface area contributed by atoms with Gasteiger partial charge in [0.05, 0.1) is 0 Å². The Morgan fingerprint density at radius 3 is 2.29 bits per heavy atom. The van der Waals surface area contributed by atoms with Crippen molar-refractivity contribution in [3.8, 4) is 11.5 Å². The van der Waals surface area contributed by atoms with Crippen LogP contribution >= 0.6 is 15.9 Å². The summed E-state index contributed by atoms with van der Waals surface area (Å²) in [7, 11) is 0. The summed E-state index contributed by atoms with van der Waals surface area (Å²) in [5.41, 5.74) is 9.26. The SMILES string of the molecule is Cc1nc(-c2ccc(Br)cn2)nc(C)c1CN. The second-order valence-corrected chi connectivity index (χ2v) is 4.68. The normalized spacial score (nSPS) is 10.6. The number of pyridine rings is 1. The molecule has 0 spiro atoms. The molecule has 17 heavy (non-hydrogen) atoms. The van der Waals surface area contributed by atoms with Crippen molar-refractivity contribution in [3.63, 3.8) is 0 Å². The Kier molecular flexibility index (Phi) is 3.49. The zero-order valence-electron chi connectivity index (χ0n) is 9.74. The molecule has 0 aliphatic carbocycles. The Hall–Kier alpha value is -1.33. The van der Waals surface area contributed by atoms with E-state index >= 15 is 0 Å². The molecule has 0 aliphatic heterocycles. The van der Waals surface area contributed by atoms with Gasteiger partial charge >= 0.3 is 0 Å². The summed E-state index contributed by atoms with van der Waals surface area (Å²) in [4.78, 5) is 13.2. The third kappa shape index (κ3) is 2.50. The fourth-order valence-corrected chi connectivity index (χ4v) is 1.89. The van der Waals surface area contributed by atoms with Gasteiger partial charge in [0.15, 0.2) is 5.82 Å². The largest absolute Gasteiger partial charge is 0.326 e. The van der Waals surface area contributed by atoms with Crippen molar-refractivity contribution >= 4 is 15.9 Å². The lowest BCUT2D eigenvalue weighted by Crippen LogP contribution is -2.07. The highest BCUT2D eigenvalue weighted by atomic mass is 79.9. The molecule has 2 rings (SSSR count). The number of nitrogens with zero attached hydrogens (tertiary/aromatic N) is 3. The van der Waals surface area contributed by atoms with Gasteiger partial charge in [0.2, 0.25) is 0 Å². The molecular formula is C12H13BrN4. The van der Waals surface area contributed by atoms with Crippen LogP contribution in [0, 0.1) is 13.8 Å². The van der Waals surface area contributed by atoms with Gasteiger partial charge in [-0.05, 0) is 41.9 Å². The van der Waals surface area contributed by atoms with E-state index < -0.39 is 0 Å². The molecule has 0 bridgehead atoms. The second kappa shape index (κ2) is 4.89. The molecule has 2 aromatic rings. The van der Waals surface area contributed by atoms with Crippen molar-refractivity contribution in [1.29, 1.82) is 0 Å². The summed E-state index contributed by atoms with van der Waals surface area (Å²) >= 11 is 3.35. The molecule has 4 nitrogen and oxygen atoms in total. The van der Waals surface area contributed by atoms with E-state index in [2.05, 4.69) is 30.9 Å². The zero-order valence-corrected chi connectivity index (χ0v) is 11.3. The number of hydrogen-bond donors (Lipinski definition) is 1. The van der Waals surface area contributed by atoms with Gasteiger partial charge in [-0.3, -0.25) is 4.98 Å². The van der Waals surface area contributed by atoms with Crippen LogP contribution in [-0.4, -0.2) is 15.0 Å². The van der Waals surface area contributed by atoms with Crippen LogP contribution in [0.25, 0.3) is 11.5 Å². The van der Waals surface area contributed by atoms with E-state index in [0.717, 1.165) is 27.1 Å². The van der Waals surface area contributed by atoms with Crippen LogP contribution in [0.2, 0.25) is 0 Å². The van der Waals surface area contributed by atoms with E-state index in [9.17, 15) is 0 Å². The standard InChI is InChI=1S/C12H13BrN4/c1-7-10(5-14)8(2)17-12(16-7)11-4-3-9(13)6-15-11/h3-4,6H,5,14H2,1-2H3. The maximum Gasteiger partial charge on any atom is 0.178 e. The fraction of sp³-hybridized carbons (Fsp3) is 0.250. The van der Waals surface area contributed by atoms with Gasteiger partial charge in [0, 0.05) is 34.2 Å². The van der Waals surface area contributed by atoms with Crippen LogP contribution in [0.5, 0.6) is 0 Å². The van der Waals surface area contributed by atoms with Gasteiger partial charge in [0.1, 0.15) is 5.69 Å². The van der Waals surface area contributed by atoms with Gasteiger partial charge in [-0.2, -0.15) is 0 Å². The molecular weight excluding hydrogens is 280 g/mol. The summed E-state index contributed by atoms with van der Waals surface area (Å²) in [6, 6.07) is 3.81. The topological polar surface area (TPSA) is 64.7 Å². The highest BCUT2D eigenvalue weighted by molar-refractivity contribution is 9.10. The van der Waals surface area contributed by atoms with Gasteiger partial charge in [-0.25, -0.2) is 9.97 Å². The first-order valence-corrected chi connectivity index (χ1v) is 6.07. The minimum atomic E-state index is 0.464. The highest BCUT2D eigenvalue weighted by Crippen LogP contribution is 2.18. The lowest BCUT2D eigenvalue weighted by molar-refractivity contribution is 0.934. The van der Waals surface area contributed by atoms with Crippen LogP contribution in [0.15, 0.2) is 22.8 Å². The molecule has 0 amide bonds. The van der Waals surface area contributed by atoms with Crippen molar-refractivity contribution in [1.82, 2.24) is 15.0 Å². The maximum absolute atomic E-state index is 5.66. The van der Waals surface area contributed by atoms with E-state index in [4.69, 9.17) is 5.73 Å². The Morgan fingerprint density at radius 1 is 1.18 bits per heavy atom. The molecule has 88 valence electrons. The first kappa shape index (κ1) is 12.1. The molecule has 0 saturated heterocycles. The minimum Gasteiger partial charge on any atom is -0.326 e. The summed E-state index contributed by atoms with van der Waals surface area (Å²) in [6.45, 7) is 4.35. The van der Waals surface area contributed by atoms with Crippen LogP contribution in [0.4, 0.5) is 0 Å². The first-order chi connectivity index (χ1) is 8.11. The summed E-state index contributed by atoms with van der Waals surface area (Å²) in [6.07, 6.45) is 1.74. The van der Waals surface area contributed by atoms with E-state index in [1.165, 1.54) is 0 Å². The highest BCUT2D eigenvalue weighted by Gasteiger charge is 2.09. The quantitative estimate of drug-likeness (QED) is 0.923. The van der Waals surface area contributed by atoms with Gasteiger partial charge in [-0.1, -0.05) is 0 Å². The Morgan fingerprint density at radius 2 is 1.82 bits per heavy atom. The summed E-state index contributed by atoms with van der Waals surface area (Å²) in [5.74, 6) is 0.643. The van der Waals surface area contributed by atoms with E-state index in [0.29, 0.717) is 12.4 Å². The summed E-state index contributed by atoms with van der Waals surface area (Å²) < 4.78 is 0.938. The van der Waals surface area contributed by atoms with Crippen LogP contribution in [-0.2, 0) is 6.54 Å². The number of nitrogens with two attached hydrogens (primary N) is 1. The van der Waals surface area contributed by atoms with Crippen LogP contribution in [0.3, 0.4) is 0 Å². The monoisotopic (exact) mass is 292 g/mol. The Labute approximate surface area is 108 Å². The molecule has 0 saturated carbocycles. The number of halogens is 1. The van der Waals surface area contributed by atoms with Crippen molar-refractivity contribution in [3.05, 3.63) is 39.8 Å². The van der Waals surface area contributed by atoms with E-state index in [1.807, 2.05) is 26.0 Å². The predicted octanol–water partition coefficient (Wildman–Crippen LogP) is 2.38. The molecule has 0 atom stereocenters. The number of rotatable bonds is 2. The molecule has 2 aromatic heterocycles. The van der Waals surface area contributed by atoms with Crippen molar-refractivity contribution < 1.29 is 0 Å². The molecule has 0 unspecified atom stereocenters. The molecule has 0 fully saturated rings. The van der Waals surface area contributed by atoms with Crippen molar-refractivity contribution in [2.75, 3.05) is 0 Å². The van der Waals surface area contributed by atoms with Crippen LogP contribution in [0.1, 0.15) is 17.0 Å². The van der Waals surface area contributed by atoms with Crippen molar-refractivity contribution in [2.45, 2.75) is 20.4 Å². The lowest BCUT2D eigenvalue weighted by atomic mass is 10.1. The van der Waals surface area contributed by atoms with Gasteiger partial charge < -0.3 is 5.73 Å². The predicted molar refractivity (Wildman–Crippen MR) is 70.3 cm³/mol. The molecule has 0 aliphatic rings. The second-order valence-electron chi connectivity index (χ2n) is 3.76. The molecule has 2 N–H and O–H groups in total. The number of hydrogen-bond acceptors (Lipinski definition) is 4. The molecule has 0 radical (unpaired) electrons. The third-order valence-electron chi connectivity index (χ3n) is 2.58. The smallest absolute Gasteiger partial charge is 0.178 e. The maximum atomic E-state index is 5.66. The fourth-order valence-electron chi connectivity index (χ4n) is 1.66. The van der Waals surface area contributed by atoms with Crippen molar-refractivity contribution in [2.24, 2.45) is 5.73 Å². The van der Waals surface area contributed by atoms with Gasteiger partial charge in [-0.15, -0.1) is 0 Å². The first-order valence-electron chi connectivity index (χ1n) is 5.28. The molecule has 5 heteroatoms. The Bertz CT molecular complexity index is 514. The number of aryl methyl sites for hydroxylation is 2.